The Labute approximate surface area is 169 Å². The Balaban J connectivity index is 1.55. The second-order valence-electron chi connectivity index (χ2n) is 6.25. The van der Waals surface area contributed by atoms with Crippen molar-refractivity contribution in [2.75, 3.05) is 20.3 Å². The molecule has 6 heteroatoms. The standard InChI is InChI=1S/C22H24N2O3S/c1-4-27-20-10-9-18(13-21(20)26-3)22(25)23-12-11-16-5-7-17(8-6-16)19-14-28-15(2)24-19/h5-10,13-14H,4,11-12H2,1-3H3,(H,23,25). The van der Waals surface area contributed by atoms with Crippen molar-refractivity contribution in [2.45, 2.75) is 20.3 Å². The van der Waals surface area contributed by atoms with Crippen molar-refractivity contribution in [1.82, 2.24) is 10.3 Å². The molecule has 0 radical (unpaired) electrons. The number of aryl methyl sites for hydroxylation is 1. The normalized spacial score (nSPS) is 10.5. The number of amides is 1. The van der Waals surface area contributed by atoms with E-state index in [9.17, 15) is 4.79 Å². The van der Waals surface area contributed by atoms with Gasteiger partial charge in [0.1, 0.15) is 0 Å². The maximum atomic E-state index is 12.4. The molecule has 1 aromatic heterocycles. The molecule has 0 aliphatic carbocycles. The Morgan fingerprint density at radius 2 is 1.93 bits per heavy atom. The quantitative estimate of drug-likeness (QED) is 0.609. The second kappa shape index (κ2) is 9.37. The fourth-order valence-corrected chi connectivity index (χ4v) is 3.47. The topological polar surface area (TPSA) is 60.5 Å². The summed E-state index contributed by atoms with van der Waals surface area (Å²) in [4.78, 5) is 16.9. The largest absolute Gasteiger partial charge is 0.493 e. The van der Waals surface area contributed by atoms with Gasteiger partial charge in [-0.3, -0.25) is 4.79 Å². The van der Waals surface area contributed by atoms with E-state index in [0.717, 1.165) is 22.7 Å². The predicted octanol–water partition coefficient (Wildman–Crippen LogP) is 4.50. The van der Waals surface area contributed by atoms with Crippen LogP contribution in [0.5, 0.6) is 11.5 Å². The van der Waals surface area contributed by atoms with Gasteiger partial charge in [-0.2, -0.15) is 0 Å². The molecule has 0 unspecified atom stereocenters. The lowest BCUT2D eigenvalue weighted by molar-refractivity contribution is 0.0953. The molecule has 5 nitrogen and oxygen atoms in total. The molecule has 0 aliphatic heterocycles. The van der Waals surface area contributed by atoms with Crippen LogP contribution in [0.4, 0.5) is 0 Å². The highest BCUT2D eigenvalue weighted by Gasteiger charge is 2.11. The smallest absolute Gasteiger partial charge is 0.251 e. The fraction of sp³-hybridized carbons (Fsp3) is 0.273. The summed E-state index contributed by atoms with van der Waals surface area (Å²) in [6.45, 7) is 5.02. The van der Waals surface area contributed by atoms with Gasteiger partial charge in [0.15, 0.2) is 11.5 Å². The minimum Gasteiger partial charge on any atom is -0.493 e. The Bertz CT molecular complexity index is 935. The molecule has 0 atom stereocenters. The van der Waals surface area contributed by atoms with Crippen molar-refractivity contribution in [1.29, 1.82) is 0 Å². The molecular weight excluding hydrogens is 372 g/mol. The molecule has 1 N–H and O–H groups in total. The third kappa shape index (κ3) is 4.89. The molecule has 0 saturated heterocycles. The summed E-state index contributed by atoms with van der Waals surface area (Å²) in [5.74, 6) is 1.07. The van der Waals surface area contributed by atoms with Crippen molar-refractivity contribution in [3.8, 4) is 22.8 Å². The Hall–Kier alpha value is -2.86. The summed E-state index contributed by atoms with van der Waals surface area (Å²) >= 11 is 1.65. The van der Waals surface area contributed by atoms with Crippen molar-refractivity contribution >= 4 is 17.2 Å². The van der Waals surface area contributed by atoms with E-state index < -0.39 is 0 Å². The zero-order chi connectivity index (χ0) is 19.9. The fourth-order valence-electron chi connectivity index (χ4n) is 2.84. The van der Waals surface area contributed by atoms with E-state index in [1.807, 2.05) is 13.8 Å². The maximum Gasteiger partial charge on any atom is 0.251 e. The van der Waals surface area contributed by atoms with Gasteiger partial charge in [0.25, 0.3) is 5.91 Å². The van der Waals surface area contributed by atoms with Crippen molar-refractivity contribution in [2.24, 2.45) is 0 Å². The second-order valence-corrected chi connectivity index (χ2v) is 7.32. The molecule has 3 aromatic rings. The van der Waals surface area contributed by atoms with E-state index in [1.165, 1.54) is 5.56 Å². The number of hydrogen-bond acceptors (Lipinski definition) is 5. The molecular formula is C22H24N2O3S. The number of nitrogens with one attached hydrogen (secondary N) is 1. The van der Waals surface area contributed by atoms with Gasteiger partial charge in [-0.1, -0.05) is 24.3 Å². The van der Waals surface area contributed by atoms with Gasteiger partial charge in [0.05, 0.1) is 24.4 Å². The predicted molar refractivity (Wildman–Crippen MR) is 112 cm³/mol. The van der Waals surface area contributed by atoms with Crippen LogP contribution in [0.25, 0.3) is 11.3 Å². The highest BCUT2D eigenvalue weighted by atomic mass is 32.1. The molecule has 28 heavy (non-hydrogen) atoms. The number of benzene rings is 2. The average Bonchev–Trinajstić information content (AvgIpc) is 3.15. The number of ether oxygens (including phenoxy) is 2. The Morgan fingerprint density at radius 3 is 2.57 bits per heavy atom. The molecule has 0 saturated carbocycles. The number of carbonyl (C=O) groups excluding carboxylic acids is 1. The van der Waals surface area contributed by atoms with E-state index in [4.69, 9.17) is 9.47 Å². The van der Waals surface area contributed by atoms with Crippen LogP contribution < -0.4 is 14.8 Å². The summed E-state index contributed by atoms with van der Waals surface area (Å²) in [7, 11) is 1.57. The molecule has 146 valence electrons. The van der Waals surface area contributed by atoms with Crippen LogP contribution in [0.3, 0.4) is 0 Å². The number of methoxy groups -OCH3 is 1. The highest BCUT2D eigenvalue weighted by Crippen LogP contribution is 2.28. The van der Waals surface area contributed by atoms with E-state index in [0.29, 0.717) is 30.2 Å². The van der Waals surface area contributed by atoms with E-state index in [-0.39, 0.29) is 5.91 Å². The SMILES string of the molecule is CCOc1ccc(C(=O)NCCc2ccc(-c3csc(C)n3)cc2)cc1OC. The van der Waals surface area contributed by atoms with Crippen LogP contribution in [0.1, 0.15) is 27.9 Å². The molecule has 1 amide bonds. The van der Waals surface area contributed by atoms with Gasteiger partial charge in [-0.25, -0.2) is 4.98 Å². The first kappa shape index (κ1) is 19.9. The Kier molecular flexibility index (Phi) is 6.66. The first-order valence-electron chi connectivity index (χ1n) is 9.21. The molecule has 2 aromatic carbocycles. The zero-order valence-corrected chi connectivity index (χ0v) is 17.1. The van der Waals surface area contributed by atoms with Gasteiger partial charge < -0.3 is 14.8 Å². The van der Waals surface area contributed by atoms with E-state index in [2.05, 4.69) is 39.9 Å². The van der Waals surface area contributed by atoms with Gasteiger partial charge >= 0.3 is 0 Å². The minimum atomic E-state index is -0.129. The number of carbonyl (C=O) groups is 1. The van der Waals surface area contributed by atoms with Crippen molar-refractivity contribution in [3.63, 3.8) is 0 Å². The molecule has 0 bridgehead atoms. The summed E-state index contributed by atoms with van der Waals surface area (Å²) in [5, 5.41) is 6.08. The molecule has 1 heterocycles. The van der Waals surface area contributed by atoms with Crippen molar-refractivity contribution < 1.29 is 14.3 Å². The van der Waals surface area contributed by atoms with Crippen molar-refractivity contribution in [3.05, 3.63) is 64.0 Å². The number of thiazole rings is 1. The van der Waals surface area contributed by atoms with Gasteiger partial charge in [0.2, 0.25) is 0 Å². The monoisotopic (exact) mass is 396 g/mol. The van der Waals surface area contributed by atoms with Crippen LogP contribution in [0, 0.1) is 6.92 Å². The summed E-state index contributed by atoms with van der Waals surface area (Å²) < 4.78 is 10.8. The van der Waals surface area contributed by atoms with Crippen LogP contribution in [0.2, 0.25) is 0 Å². The average molecular weight is 397 g/mol. The lowest BCUT2D eigenvalue weighted by atomic mass is 10.1. The molecule has 0 spiro atoms. The number of aromatic nitrogens is 1. The number of hydrogen-bond donors (Lipinski definition) is 1. The maximum absolute atomic E-state index is 12.4. The van der Waals surface area contributed by atoms with Crippen LogP contribution in [-0.2, 0) is 6.42 Å². The summed E-state index contributed by atoms with van der Waals surface area (Å²) in [6.07, 6.45) is 0.760. The lowest BCUT2D eigenvalue weighted by Gasteiger charge is -2.11. The number of rotatable bonds is 8. The van der Waals surface area contributed by atoms with Crippen LogP contribution in [-0.4, -0.2) is 31.2 Å². The van der Waals surface area contributed by atoms with E-state index >= 15 is 0 Å². The first-order valence-corrected chi connectivity index (χ1v) is 10.1. The minimum absolute atomic E-state index is 0.129. The summed E-state index contributed by atoms with van der Waals surface area (Å²) in [6, 6.07) is 13.5. The van der Waals surface area contributed by atoms with Crippen LogP contribution in [0.15, 0.2) is 47.8 Å². The van der Waals surface area contributed by atoms with Crippen LogP contribution >= 0.6 is 11.3 Å². The third-order valence-electron chi connectivity index (χ3n) is 4.29. The molecule has 3 rings (SSSR count). The van der Waals surface area contributed by atoms with Gasteiger partial charge in [0, 0.05) is 23.1 Å². The van der Waals surface area contributed by atoms with Gasteiger partial charge in [-0.05, 0) is 44.0 Å². The zero-order valence-electron chi connectivity index (χ0n) is 16.3. The number of nitrogens with zero attached hydrogens (tertiary/aromatic N) is 1. The lowest BCUT2D eigenvalue weighted by Crippen LogP contribution is -2.25. The molecule has 0 fully saturated rings. The Morgan fingerprint density at radius 1 is 1.14 bits per heavy atom. The third-order valence-corrected chi connectivity index (χ3v) is 5.07. The highest BCUT2D eigenvalue weighted by molar-refractivity contribution is 7.09. The van der Waals surface area contributed by atoms with E-state index in [1.54, 1.807) is 36.6 Å². The summed E-state index contributed by atoms with van der Waals surface area (Å²) in [5.41, 5.74) is 3.83. The van der Waals surface area contributed by atoms with Gasteiger partial charge in [-0.15, -0.1) is 11.3 Å². The molecule has 0 aliphatic rings. The first-order chi connectivity index (χ1) is 13.6.